The lowest BCUT2D eigenvalue weighted by Crippen LogP contribution is -2.69. The molecule has 0 bridgehead atoms. The minimum Gasteiger partial charge on any atom is -0.458 e. The van der Waals surface area contributed by atoms with Gasteiger partial charge >= 0.3 is 5.97 Å². The molecule has 0 heterocycles. The van der Waals surface area contributed by atoms with E-state index in [0.717, 1.165) is 5.56 Å². The maximum atomic E-state index is 17.2. The summed E-state index contributed by atoms with van der Waals surface area (Å²) in [5.41, 5.74) is -4.45. The number of fused-ring (bicyclic) bond motifs is 5. The first-order chi connectivity index (χ1) is 17.9. The first kappa shape index (κ1) is 26.9. The van der Waals surface area contributed by atoms with Gasteiger partial charge in [-0.05, 0) is 68.6 Å². The molecule has 0 spiro atoms. The van der Waals surface area contributed by atoms with Crippen LogP contribution in [0.15, 0.2) is 54.1 Å². The molecule has 0 saturated heterocycles. The van der Waals surface area contributed by atoms with Crippen LogP contribution in [0.2, 0.25) is 0 Å². The number of aryl methyl sites for hydroxylation is 1. The van der Waals surface area contributed by atoms with E-state index in [9.17, 15) is 24.6 Å². The van der Waals surface area contributed by atoms with Crippen molar-refractivity contribution < 1.29 is 33.7 Å². The molecule has 8 atom stereocenters. The number of carbonyl (C=O) groups excluding carboxylic acids is 3. The van der Waals surface area contributed by atoms with Crippen molar-refractivity contribution in [2.24, 2.45) is 28.6 Å². The SMILES string of the molecule is CC1CC2C3CCC4=CC(=O)C=CC4(C)C3(F)C(O)CC2(C)C1(O)C(=O)COC(=O)CCc1ccccc1. The first-order valence-electron chi connectivity index (χ1n) is 13.6. The summed E-state index contributed by atoms with van der Waals surface area (Å²) >= 11 is 0. The molecule has 7 heteroatoms. The number of esters is 1. The van der Waals surface area contributed by atoms with Gasteiger partial charge < -0.3 is 14.9 Å². The van der Waals surface area contributed by atoms with E-state index in [-0.39, 0.29) is 24.5 Å². The van der Waals surface area contributed by atoms with Gasteiger partial charge in [0.15, 0.2) is 18.1 Å². The Labute approximate surface area is 223 Å². The van der Waals surface area contributed by atoms with Gasteiger partial charge in [-0.15, -0.1) is 0 Å². The second-order valence-electron chi connectivity index (χ2n) is 12.2. The minimum absolute atomic E-state index is 0.107. The van der Waals surface area contributed by atoms with Crippen LogP contribution in [0.4, 0.5) is 4.39 Å². The lowest BCUT2D eigenvalue weighted by Gasteiger charge is -2.62. The number of aliphatic hydroxyl groups excluding tert-OH is 1. The number of carbonyl (C=O) groups is 3. The first-order valence-corrected chi connectivity index (χ1v) is 13.6. The monoisotopic (exact) mass is 524 g/mol. The highest BCUT2D eigenvalue weighted by atomic mass is 19.1. The zero-order chi connectivity index (χ0) is 27.5. The van der Waals surface area contributed by atoms with E-state index in [0.29, 0.717) is 31.3 Å². The Bertz CT molecular complexity index is 1210. The van der Waals surface area contributed by atoms with Gasteiger partial charge in [-0.1, -0.05) is 55.8 Å². The molecule has 2 N–H and O–H groups in total. The summed E-state index contributed by atoms with van der Waals surface area (Å²) in [7, 11) is 0. The van der Waals surface area contributed by atoms with Crippen molar-refractivity contribution in [2.45, 2.75) is 76.7 Å². The van der Waals surface area contributed by atoms with Crippen molar-refractivity contribution in [1.82, 2.24) is 0 Å². The molecule has 8 unspecified atom stereocenters. The number of Topliss-reactive ketones (excluding diaryl/α,β-unsaturated/α-hetero) is 1. The van der Waals surface area contributed by atoms with Crippen LogP contribution >= 0.6 is 0 Å². The molecule has 0 aromatic heterocycles. The van der Waals surface area contributed by atoms with Gasteiger partial charge in [0.2, 0.25) is 5.78 Å². The summed E-state index contributed by atoms with van der Waals surface area (Å²) in [6.45, 7) is 4.73. The third-order valence-corrected chi connectivity index (χ3v) is 10.5. The summed E-state index contributed by atoms with van der Waals surface area (Å²) in [6, 6.07) is 9.48. The highest BCUT2D eigenvalue weighted by Gasteiger charge is 2.75. The summed E-state index contributed by atoms with van der Waals surface area (Å²) in [4.78, 5) is 37.9. The topological polar surface area (TPSA) is 101 Å². The predicted octanol–water partition coefficient (Wildman–Crippen LogP) is 4.08. The number of alkyl halides is 1. The van der Waals surface area contributed by atoms with E-state index in [1.807, 2.05) is 30.3 Å². The average molecular weight is 525 g/mol. The van der Waals surface area contributed by atoms with Gasteiger partial charge in [0.1, 0.15) is 5.60 Å². The third-order valence-electron chi connectivity index (χ3n) is 10.5. The Morgan fingerprint density at radius 1 is 1.16 bits per heavy atom. The van der Waals surface area contributed by atoms with Gasteiger partial charge in [-0.2, -0.15) is 0 Å². The number of ether oxygens (including phenoxy) is 1. The Hall–Kier alpha value is -2.64. The quantitative estimate of drug-likeness (QED) is 0.544. The number of hydrogen-bond acceptors (Lipinski definition) is 6. The number of aliphatic hydroxyl groups is 2. The van der Waals surface area contributed by atoms with E-state index >= 15 is 4.39 Å². The summed E-state index contributed by atoms with van der Waals surface area (Å²) in [5, 5.41) is 23.4. The van der Waals surface area contributed by atoms with Crippen LogP contribution < -0.4 is 0 Å². The summed E-state index contributed by atoms with van der Waals surface area (Å²) in [5.74, 6) is -2.78. The minimum atomic E-state index is -2.03. The lowest BCUT2D eigenvalue weighted by molar-refractivity contribution is -0.220. The fraction of sp³-hybridized carbons (Fsp3) is 0.581. The number of rotatable bonds is 6. The number of halogens is 1. The highest BCUT2D eigenvalue weighted by Crippen LogP contribution is 2.70. The van der Waals surface area contributed by atoms with Crippen molar-refractivity contribution in [3.63, 3.8) is 0 Å². The Kier molecular flexibility index (Phi) is 6.55. The molecule has 3 saturated carbocycles. The van der Waals surface area contributed by atoms with Gasteiger partial charge in [-0.3, -0.25) is 14.4 Å². The highest BCUT2D eigenvalue weighted by molar-refractivity contribution is 6.01. The maximum absolute atomic E-state index is 17.2. The second kappa shape index (κ2) is 9.23. The fourth-order valence-electron chi connectivity index (χ4n) is 8.36. The lowest BCUT2D eigenvalue weighted by atomic mass is 9.44. The van der Waals surface area contributed by atoms with E-state index in [1.54, 1.807) is 26.8 Å². The molecule has 1 aromatic rings. The average Bonchev–Trinajstić information content (AvgIpc) is 3.09. The molecule has 5 rings (SSSR count). The van der Waals surface area contributed by atoms with Gasteiger partial charge in [0, 0.05) is 23.2 Å². The molecule has 4 aliphatic rings. The van der Waals surface area contributed by atoms with E-state index in [1.165, 1.54) is 12.2 Å². The van der Waals surface area contributed by atoms with Gasteiger partial charge in [0.05, 0.1) is 6.10 Å². The van der Waals surface area contributed by atoms with Crippen LogP contribution in [0.5, 0.6) is 0 Å². The van der Waals surface area contributed by atoms with Crippen LogP contribution in [0.25, 0.3) is 0 Å². The van der Waals surface area contributed by atoms with Gasteiger partial charge in [0.25, 0.3) is 0 Å². The molecule has 0 radical (unpaired) electrons. The molecule has 4 aliphatic carbocycles. The Balaban J connectivity index is 1.35. The molecular formula is C31H37FO6. The van der Waals surface area contributed by atoms with Crippen molar-refractivity contribution in [3.8, 4) is 0 Å². The molecular weight excluding hydrogens is 487 g/mol. The van der Waals surface area contributed by atoms with E-state index < -0.39 is 58.4 Å². The standard InChI is InChI=1S/C31H37FO6/c1-19-15-24-23-11-10-21-16-22(33)13-14-28(21,2)30(23,32)25(34)17-29(24,3)31(19,37)26(35)18-38-27(36)12-9-20-7-5-4-6-8-20/h4-8,13-14,16,19,23-25,34,37H,9-12,15,17-18H2,1-3H3. The number of allylic oxidation sites excluding steroid dienone is 4. The zero-order valence-corrected chi connectivity index (χ0v) is 22.3. The van der Waals surface area contributed by atoms with Crippen molar-refractivity contribution in [1.29, 1.82) is 0 Å². The van der Waals surface area contributed by atoms with Crippen LogP contribution in [0.1, 0.15) is 58.4 Å². The fourth-order valence-corrected chi connectivity index (χ4v) is 8.36. The normalized spacial score (nSPS) is 41.5. The second-order valence-corrected chi connectivity index (χ2v) is 12.2. The Morgan fingerprint density at radius 2 is 1.87 bits per heavy atom. The largest absolute Gasteiger partial charge is 0.458 e. The predicted molar refractivity (Wildman–Crippen MR) is 139 cm³/mol. The molecule has 3 fully saturated rings. The van der Waals surface area contributed by atoms with Crippen LogP contribution in [-0.4, -0.2) is 51.7 Å². The number of benzene rings is 1. The van der Waals surface area contributed by atoms with Crippen molar-refractivity contribution in [2.75, 3.05) is 6.61 Å². The van der Waals surface area contributed by atoms with Crippen molar-refractivity contribution in [3.05, 3.63) is 59.7 Å². The summed E-state index contributed by atoms with van der Waals surface area (Å²) in [6.07, 6.45) is 4.84. The maximum Gasteiger partial charge on any atom is 0.306 e. The van der Waals surface area contributed by atoms with Crippen LogP contribution in [0, 0.1) is 28.6 Å². The number of ketones is 2. The molecule has 204 valence electrons. The molecule has 0 amide bonds. The smallest absolute Gasteiger partial charge is 0.306 e. The molecule has 1 aromatic carbocycles. The Morgan fingerprint density at radius 3 is 2.58 bits per heavy atom. The summed E-state index contributed by atoms with van der Waals surface area (Å²) < 4.78 is 22.5. The molecule has 0 aliphatic heterocycles. The molecule has 38 heavy (non-hydrogen) atoms. The van der Waals surface area contributed by atoms with Crippen molar-refractivity contribution >= 4 is 17.5 Å². The van der Waals surface area contributed by atoms with Crippen LogP contribution in [0.3, 0.4) is 0 Å². The van der Waals surface area contributed by atoms with E-state index in [4.69, 9.17) is 4.74 Å². The molecule has 6 nitrogen and oxygen atoms in total. The zero-order valence-electron chi connectivity index (χ0n) is 22.3. The van der Waals surface area contributed by atoms with Crippen LogP contribution in [-0.2, 0) is 25.5 Å². The van der Waals surface area contributed by atoms with E-state index in [2.05, 4.69) is 0 Å². The van der Waals surface area contributed by atoms with Gasteiger partial charge in [-0.25, -0.2) is 4.39 Å². The third kappa shape index (κ3) is 3.69. The number of hydrogen-bond donors (Lipinski definition) is 2.